The lowest BCUT2D eigenvalue weighted by molar-refractivity contribution is -0.112. The third-order valence-corrected chi connectivity index (χ3v) is 3.66. The predicted molar refractivity (Wildman–Crippen MR) is 83.2 cm³/mol. The summed E-state index contributed by atoms with van der Waals surface area (Å²) in [7, 11) is 0. The average Bonchev–Trinajstić information content (AvgIpc) is 2.51. The maximum Gasteiger partial charge on any atom is 0.213 e. The highest BCUT2D eigenvalue weighted by Crippen LogP contribution is 2.28. The van der Waals surface area contributed by atoms with Gasteiger partial charge < -0.3 is 0 Å². The molecule has 23 heavy (non-hydrogen) atoms. The summed E-state index contributed by atoms with van der Waals surface area (Å²) in [4.78, 5) is 19.5. The van der Waals surface area contributed by atoms with E-state index in [2.05, 4.69) is 9.97 Å². The molecule has 0 spiro atoms. The molecule has 2 aromatic rings. The van der Waals surface area contributed by atoms with Crippen LogP contribution in [0.2, 0.25) is 0 Å². The number of hydrogen-bond acceptors (Lipinski definition) is 3. The van der Waals surface area contributed by atoms with Crippen LogP contribution in [0, 0.1) is 11.9 Å². The molecule has 0 amide bonds. The van der Waals surface area contributed by atoms with E-state index in [4.69, 9.17) is 0 Å². The van der Waals surface area contributed by atoms with Crippen LogP contribution in [0.5, 0.6) is 0 Å². The molecule has 1 saturated carbocycles. The Bertz CT molecular complexity index is 747. The van der Waals surface area contributed by atoms with Crippen molar-refractivity contribution in [1.29, 1.82) is 0 Å². The highest BCUT2D eigenvalue weighted by molar-refractivity contribution is 6.13. The minimum atomic E-state index is -0.578. The summed E-state index contributed by atoms with van der Waals surface area (Å²) in [6, 6.07) is 5.88. The molecule has 3 rings (SSSR count). The van der Waals surface area contributed by atoms with Crippen LogP contribution in [0.15, 0.2) is 47.8 Å². The number of pyridine rings is 2. The minimum absolute atomic E-state index is 0.0781. The standard InChI is InChI=1S/C18H14F2N2O/c19-16-10-12(4-6-21-16)8-14-2-1-3-15(18(14)23)9-13-5-7-22-17(20)11-13/h4-11H,1-3H2/b14-8+,15-9+. The number of allylic oxidation sites excluding steroid dienone is 2. The number of nitrogens with zero attached hydrogens (tertiary/aromatic N) is 2. The van der Waals surface area contributed by atoms with Crippen molar-refractivity contribution >= 4 is 17.9 Å². The summed E-state index contributed by atoms with van der Waals surface area (Å²) in [5, 5.41) is 0. The summed E-state index contributed by atoms with van der Waals surface area (Å²) in [5.41, 5.74) is 2.47. The Hall–Kier alpha value is -2.69. The van der Waals surface area contributed by atoms with Gasteiger partial charge in [-0.25, -0.2) is 9.97 Å². The number of carbonyl (C=O) groups excluding carboxylic acids is 1. The fourth-order valence-corrected chi connectivity index (χ4v) is 2.59. The number of ketones is 1. The Morgan fingerprint density at radius 3 is 1.78 bits per heavy atom. The maximum atomic E-state index is 13.1. The van der Waals surface area contributed by atoms with Crippen molar-refractivity contribution in [2.45, 2.75) is 19.3 Å². The van der Waals surface area contributed by atoms with Crippen LogP contribution < -0.4 is 0 Å². The number of Topliss-reactive ketones (excluding diaryl/α,β-unsaturated/α-hetero) is 1. The molecule has 0 bridgehead atoms. The molecule has 1 aliphatic carbocycles. The molecule has 0 radical (unpaired) electrons. The lowest BCUT2D eigenvalue weighted by atomic mass is 9.87. The van der Waals surface area contributed by atoms with Crippen LogP contribution in [0.1, 0.15) is 30.4 Å². The second-order valence-electron chi connectivity index (χ2n) is 5.35. The summed E-state index contributed by atoms with van der Waals surface area (Å²) in [6.45, 7) is 0. The molecule has 0 aliphatic heterocycles. The SMILES string of the molecule is O=C1/C(=C/c2ccnc(F)c2)CCC/C1=C\c1ccnc(F)c1. The number of hydrogen-bond donors (Lipinski definition) is 0. The van der Waals surface area contributed by atoms with Crippen LogP contribution in [0.3, 0.4) is 0 Å². The van der Waals surface area contributed by atoms with Crippen LogP contribution in [-0.2, 0) is 4.79 Å². The monoisotopic (exact) mass is 312 g/mol. The highest BCUT2D eigenvalue weighted by atomic mass is 19.1. The number of halogens is 2. The first-order valence-electron chi connectivity index (χ1n) is 7.31. The normalized spacial score (nSPS) is 18.6. The molecular formula is C18H14F2N2O. The van der Waals surface area contributed by atoms with Gasteiger partial charge in [0, 0.05) is 35.7 Å². The predicted octanol–water partition coefficient (Wildman–Crippen LogP) is 3.97. The third kappa shape index (κ3) is 3.74. The number of aromatic nitrogens is 2. The molecule has 5 heteroatoms. The lowest BCUT2D eigenvalue weighted by Crippen LogP contribution is -2.12. The van der Waals surface area contributed by atoms with Gasteiger partial charge in [-0.15, -0.1) is 0 Å². The van der Waals surface area contributed by atoms with E-state index in [1.165, 1.54) is 24.5 Å². The maximum absolute atomic E-state index is 13.1. The zero-order valence-corrected chi connectivity index (χ0v) is 12.3. The molecule has 0 atom stereocenters. The van der Waals surface area contributed by atoms with Crippen molar-refractivity contribution in [3.05, 3.63) is 70.8 Å². The lowest BCUT2D eigenvalue weighted by Gasteiger charge is -2.16. The van der Waals surface area contributed by atoms with Gasteiger partial charge in [-0.1, -0.05) is 0 Å². The van der Waals surface area contributed by atoms with E-state index in [0.29, 0.717) is 35.1 Å². The van der Waals surface area contributed by atoms with Crippen molar-refractivity contribution in [3.63, 3.8) is 0 Å². The average molecular weight is 312 g/mol. The van der Waals surface area contributed by atoms with E-state index in [1.807, 2.05) is 0 Å². The van der Waals surface area contributed by atoms with E-state index in [9.17, 15) is 13.6 Å². The van der Waals surface area contributed by atoms with E-state index in [1.54, 1.807) is 24.3 Å². The molecule has 3 nitrogen and oxygen atoms in total. The molecular weight excluding hydrogens is 298 g/mol. The topological polar surface area (TPSA) is 42.9 Å². The molecule has 2 aromatic heterocycles. The zero-order valence-electron chi connectivity index (χ0n) is 12.3. The number of carbonyl (C=O) groups is 1. The molecule has 1 aliphatic rings. The van der Waals surface area contributed by atoms with Gasteiger partial charge in [0.2, 0.25) is 11.9 Å². The molecule has 0 N–H and O–H groups in total. The number of rotatable bonds is 2. The Labute approximate surface area is 132 Å². The van der Waals surface area contributed by atoms with Gasteiger partial charge in [-0.2, -0.15) is 8.78 Å². The zero-order chi connectivity index (χ0) is 16.2. The highest BCUT2D eigenvalue weighted by Gasteiger charge is 2.20. The molecule has 0 saturated heterocycles. The van der Waals surface area contributed by atoms with E-state index in [0.717, 1.165) is 6.42 Å². The first-order chi connectivity index (χ1) is 11.1. The molecule has 116 valence electrons. The van der Waals surface area contributed by atoms with Gasteiger partial charge in [0.05, 0.1) is 0 Å². The van der Waals surface area contributed by atoms with Gasteiger partial charge in [-0.3, -0.25) is 4.79 Å². The Balaban J connectivity index is 1.89. The second-order valence-corrected chi connectivity index (χ2v) is 5.35. The summed E-state index contributed by atoms with van der Waals surface area (Å²) < 4.78 is 26.3. The van der Waals surface area contributed by atoms with Gasteiger partial charge in [0.15, 0.2) is 5.78 Å². The van der Waals surface area contributed by atoms with E-state index in [-0.39, 0.29) is 5.78 Å². The Kier molecular flexibility index (Phi) is 4.37. The van der Waals surface area contributed by atoms with Gasteiger partial charge in [0.25, 0.3) is 0 Å². The fraction of sp³-hybridized carbons (Fsp3) is 0.167. The van der Waals surface area contributed by atoms with Crippen LogP contribution in [0.4, 0.5) is 8.78 Å². The molecule has 2 heterocycles. The van der Waals surface area contributed by atoms with Crippen molar-refractivity contribution in [2.75, 3.05) is 0 Å². The summed E-state index contributed by atoms with van der Waals surface area (Å²) >= 11 is 0. The largest absolute Gasteiger partial charge is 0.289 e. The molecule has 1 fully saturated rings. The fourth-order valence-electron chi connectivity index (χ4n) is 2.59. The van der Waals surface area contributed by atoms with E-state index < -0.39 is 11.9 Å². The minimum Gasteiger partial charge on any atom is -0.289 e. The first kappa shape index (κ1) is 15.2. The Morgan fingerprint density at radius 2 is 1.35 bits per heavy atom. The van der Waals surface area contributed by atoms with Gasteiger partial charge in [-0.05, 0) is 54.7 Å². The van der Waals surface area contributed by atoms with Crippen molar-refractivity contribution in [1.82, 2.24) is 9.97 Å². The first-order valence-corrected chi connectivity index (χ1v) is 7.31. The van der Waals surface area contributed by atoms with Gasteiger partial charge >= 0.3 is 0 Å². The van der Waals surface area contributed by atoms with Crippen molar-refractivity contribution in [3.8, 4) is 0 Å². The van der Waals surface area contributed by atoms with Crippen molar-refractivity contribution < 1.29 is 13.6 Å². The molecule has 0 unspecified atom stereocenters. The van der Waals surface area contributed by atoms with Crippen molar-refractivity contribution in [2.24, 2.45) is 0 Å². The van der Waals surface area contributed by atoms with Gasteiger partial charge in [0.1, 0.15) is 0 Å². The van der Waals surface area contributed by atoms with Crippen LogP contribution in [-0.4, -0.2) is 15.8 Å². The quantitative estimate of drug-likeness (QED) is 0.622. The molecule has 0 aromatic carbocycles. The second kappa shape index (κ2) is 6.60. The Morgan fingerprint density at radius 1 is 0.870 bits per heavy atom. The summed E-state index contributed by atoms with van der Waals surface area (Å²) in [5.74, 6) is -1.23. The smallest absolute Gasteiger partial charge is 0.213 e. The van der Waals surface area contributed by atoms with E-state index >= 15 is 0 Å². The summed E-state index contributed by atoms with van der Waals surface area (Å²) in [6.07, 6.45) is 8.22. The van der Waals surface area contributed by atoms with Crippen LogP contribution in [0.25, 0.3) is 12.2 Å². The van der Waals surface area contributed by atoms with Crippen LogP contribution >= 0.6 is 0 Å². The third-order valence-electron chi connectivity index (χ3n) is 3.66.